The molecule has 1 nitrogen and oxygen atoms in total. The van der Waals surface area contributed by atoms with Gasteiger partial charge in [0, 0.05) is 12.3 Å². The Bertz CT molecular complexity index is 157. The van der Waals surface area contributed by atoms with Crippen LogP contribution in [0.25, 0.3) is 0 Å². The largest absolute Gasteiger partial charge is 0.299 e. The van der Waals surface area contributed by atoms with Crippen LogP contribution in [-0.4, -0.2) is 5.78 Å². The minimum absolute atomic E-state index is 0.208. The third-order valence-electron chi connectivity index (χ3n) is 2.06. The molecule has 0 saturated carbocycles. The van der Waals surface area contributed by atoms with Crippen molar-refractivity contribution in [1.29, 1.82) is 0 Å². The molecule has 0 aliphatic rings. The SMILES string of the molecule is CCC/C=C\CCCC(=O)C(C)C. The maximum absolute atomic E-state index is 11.2. The van der Waals surface area contributed by atoms with Crippen molar-refractivity contribution in [2.45, 2.75) is 52.9 Å². The zero-order chi connectivity index (χ0) is 10.1. The fourth-order valence-corrected chi connectivity index (χ4v) is 1.09. The van der Waals surface area contributed by atoms with Crippen molar-refractivity contribution >= 4 is 5.78 Å². The molecule has 0 spiro atoms. The highest BCUT2D eigenvalue weighted by molar-refractivity contribution is 5.80. The van der Waals surface area contributed by atoms with Gasteiger partial charge in [0.25, 0.3) is 0 Å². The molecule has 76 valence electrons. The molecule has 0 aliphatic carbocycles. The third kappa shape index (κ3) is 7.76. The Hall–Kier alpha value is -0.590. The Balaban J connectivity index is 3.30. The maximum Gasteiger partial charge on any atom is 0.135 e. The average molecular weight is 182 g/mol. The summed E-state index contributed by atoms with van der Waals surface area (Å²) < 4.78 is 0. The van der Waals surface area contributed by atoms with Crippen molar-refractivity contribution in [2.75, 3.05) is 0 Å². The van der Waals surface area contributed by atoms with Crippen LogP contribution in [0.1, 0.15) is 52.9 Å². The molecule has 0 unspecified atom stereocenters. The van der Waals surface area contributed by atoms with Crippen LogP contribution < -0.4 is 0 Å². The smallest absolute Gasteiger partial charge is 0.135 e. The molecule has 0 amide bonds. The second-order valence-corrected chi connectivity index (χ2v) is 3.77. The van der Waals surface area contributed by atoms with E-state index in [-0.39, 0.29) is 5.92 Å². The van der Waals surface area contributed by atoms with Gasteiger partial charge in [0.2, 0.25) is 0 Å². The van der Waals surface area contributed by atoms with E-state index >= 15 is 0 Å². The molecule has 0 saturated heterocycles. The lowest BCUT2D eigenvalue weighted by atomic mass is 10.0. The van der Waals surface area contributed by atoms with Crippen LogP contribution in [0.5, 0.6) is 0 Å². The Labute approximate surface area is 82.2 Å². The fourth-order valence-electron chi connectivity index (χ4n) is 1.09. The lowest BCUT2D eigenvalue weighted by Gasteiger charge is -2.01. The summed E-state index contributed by atoms with van der Waals surface area (Å²) in [5, 5.41) is 0. The van der Waals surface area contributed by atoms with E-state index in [2.05, 4.69) is 19.1 Å². The third-order valence-corrected chi connectivity index (χ3v) is 2.06. The summed E-state index contributed by atoms with van der Waals surface area (Å²) in [6, 6.07) is 0. The number of hydrogen-bond donors (Lipinski definition) is 0. The minimum atomic E-state index is 0.208. The fraction of sp³-hybridized carbons (Fsp3) is 0.750. The second kappa shape index (κ2) is 8.03. The number of rotatable bonds is 7. The molecule has 0 N–H and O–H groups in total. The van der Waals surface area contributed by atoms with Crippen LogP contribution in [0, 0.1) is 5.92 Å². The summed E-state index contributed by atoms with van der Waals surface area (Å²) in [4.78, 5) is 11.2. The normalized spacial score (nSPS) is 11.4. The van der Waals surface area contributed by atoms with Gasteiger partial charge in [-0.15, -0.1) is 0 Å². The van der Waals surface area contributed by atoms with Gasteiger partial charge < -0.3 is 0 Å². The van der Waals surface area contributed by atoms with Gasteiger partial charge in [-0.2, -0.15) is 0 Å². The Kier molecular flexibility index (Phi) is 7.66. The van der Waals surface area contributed by atoms with E-state index < -0.39 is 0 Å². The Morgan fingerprint density at radius 2 is 1.85 bits per heavy atom. The van der Waals surface area contributed by atoms with Crippen molar-refractivity contribution in [2.24, 2.45) is 5.92 Å². The second-order valence-electron chi connectivity index (χ2n) is 3.77. The maximum atomic E-state index is 11.2. The van der Waals surface area contributed by atoms with Crippen LogP contribution in [0.4, 0.5) is 0 Å². The molecule has 0 aliphatic heterocycles. The predicted octanol–water partition coefficient (Wildman–Crippen LogP) is 3.74. The van der Waals surface area contributed by atoms with E-state index in [1.807, 2.05) is 13.8 Å². The number of hydrogen-bond acceptors (Lipinski definition) is 1. The summed E-state index contributed by atoms with van der Waals surface area (Å²) in [6.07, 6.45) is 9.58. The number of allylic oxidation sites excluding steroid dienone is 2. The Morgan fingerprint density at radius 3 is 2.38 bits per heavy atom. The molecule has 0 fully saturated rings. The lowest BCUT2D eigenvalue weighted by molar-refractivity contribution is -0.121. The van der Waals surface area contributed by atoms with Gasteiger partial charge in [0.1, 0.15) is 5.78 Å². The molecular weight excluding hydrogens is 160 g/mol. The first kappa shape index (κ1) is 12.4. The molecule has 13 heavy (non-hydrogen) atoms. The molecule has 0 aromatic heterocycles. The number of Topliss-reactive ketones (excluding diaryl/α,β-unsaturated/α-hetero) is 1. The lowest BCUT2D eigenvalue weighted by Crippen LogP contribution is -2.05. The van der Waals surface area contributed by atoms with Crippen molar-refractivity contribution in [3.63, 3.8) is 0 Å². The number of carbonyl (C=O) groups is 1. The van der Waals surface area contributed by atoms with Crippen molar-refractivity contribution in [3.05, 3.63) is 12.2 Å². The van der Waals surface area contributed by atoms with E-state index in [9.17, 15) is 4.79 Å². The van der Waals surface area contributed by atoms with E-state index in [0.717, 1.165) is 25.7 Å². The molecule has 0 rings (SSSR count). The summed E-state index contributed by atoms with van der Waals surface area (Å²) in [6.45, 7) is 6.11. The first-order valence-corrected chi connectivity index (χ1v) is 5.36. The van der Waals surface area contributed by atoms with E-state index in [4.69, 9.17) is 0 Å². The van der Waals surface area contributed by atoms with Gasteiger partial charge in [-0.25, -0.2) is 0 Å². The average Bonchev–Trinajstić information content (AvgIpc) is 2.10. The molecule has 0 bridgehead atoms. The summed E-state index contributed by atoms with van der Waals surface area (Å²) in [5.74, 6) is 0.600. The molecule has 0 radical (unpaired) electrons. The van der Waals surface area contributed by atoms with E-state index in [1.165, 1.54) is 6.42 Å². The summed E-state index contributed by atoms with van der Waals surface area (Å²) >= 11 is 0. The number of carbonyl (C=O) groups excluding carboxylic acids is 1. The molecule has 0 heterocycles. The van der Waals surface area contributed by atoms with Gasteiger partial charge in [0.05, 0.1) is 0 Å². The standard InChI is InChI=1S/C12H22O/c1-4-5-6-7-8-9-10-12(13)11(2)3/h6-7,11H,4-5,8-10H2,1-3H3/b7-6-. The zero-order valence-corrected chi connectivity index (χ0v) is 9.18. The molecule has 1 heteroatoms. The molecule has 0 aromatic rings. The number of unbranched alkanes of at least 4 members (excludes halogenated alkanes) is 2. The zero-order valence-electron chi connectivity index (χ0n) is 9.18. The first-order valence-electron chi connectivity index (χ1n) is 5.36. The van der Waals surface area contributed by atoms with Crippen molar-refractivity contribution in [1.82, 2.24) is 0 Å². The summed E-state index contributed by atoms with van der Waals surface area (Å²) in [5.41, 5.74) is 0. The van der Waals surface area contributed by atoms with Gasteiger partial charge in [-0.05, 0) is 19.3 Å². The van der Waals surface area contributed by atoms with Crippen LogP contribution in [-0.2, 0) is 4.79 Å². The first-order chi connectivity index (χ1) is 6.18. The van der Waals surface area contributed by atoms with Gasteiger partial charge in [-0.1, -0.05) is 39.3 Å². The van der Waals surface area contributed by atoms with Crippen LogP contribution in [0.2, 0.25) is 0 Å². The predicted molar refractivity (Wildman–Crippen MR) is 57.7 cm³/mol. The van der Waals surface area contributed by atoms with Crippen molar-refractivity contribution < 1.29 is 4.79 Å². The van der Waals surface area contributed by atoms with Crippen LogP contribution in [0.3, 0.4) is 0 Å². The minimum Gasteiger partial charge on any atom is -0.299 e. The number of ketones is 1. The molecular formula is C12H22O. The van der Waals surface area contributed by atoms with Crippen LogP contribution >= 0.6 is 0 Å². The van der Waals surface area contributed by atoms with E-state index in [1.54, 1.807) is 0 Å². The van der Waals surface area contributed by atoms with Gasteiger partial charge >= 0.3 is 0 Å². The highest BCUT2D eigenvalue weighted by atomic mass is 16.1. The van der Waals surface area contributed by atoms with Crippen molar-refractivity contribution in [3.8, 4) is 0 Å². The molecule has 0 atom stereocenters. The topological polar surface area (TPSA) is 17.1 Å². The highest BCUT2D eigenvalue weighted by Gasteiger charge is 2.04. The quantitative estimate of drug-likeness (QED) is 0.433. The van der Waals surface area contributed by atoms with Gasteiger partial charge in [-0.3, -0.25) is 4.79 Å². The summed E-state index contributed by atoms with van der Waals surface area (Å²) in [7, 11) is 0. The monoisotopic (exact) mass is 182 g/mol. The Morgan fingerprint density at radius 1 is 1.23 bits per heavy atom. The molecule has 0 aromatic carbocycles. The highest BCUT2D eigenvalue weighted by Crippen LogP contribution is 2.05. The van der Waals surface area contributed by atoms with E-state index in [0.29, 0.717) is 5.78 Å². The van der Waals surface area contributed by atoms with Gasteiger partial charge in [0.15, 0.2) is 0 Å². The van der Waals surface area contributed by atoms with Crippen LogP contribution in [0.15, 0.2) is 12.2 Å².